The zero-order valence-corrected chi connectivity index (χ0v) is 21.8. The fraction of sp³-hybridized carbons (Fsp3) is 0.636. The first-order valence-electron chi connectivity index (χ1n) is 11.2. The Morgan fingerprint density at radius 3 is 1.50 bits per heavy atom. The van der Waals surface area contributed by atoms with Crippen molar-refractivity contribution in [3.8, 4) is 0 Å². The molecule has 10 nitrogen and oxygen atoms in total. The third-order valence-electron chi connectivity index (χ3n) is 4.78. The van der Waals surface area contributed by atoms with Crippen LogP contribution in [-0.4, -0.2) is 86.0 Å². The molecule has 0 aromatic rings. The molecule has 0 aromatic carbocycles. The normalized spacial score (nSPS) is 15.3. The Balaban J connectivity index is 5.08. The third kappa shape index (κ3) is 10.7. The van der Waals surface area contributed by atoms with Crippen molar-refractivity contribution in [1.29, 1.82) is 0 Å². The number of halogens is 10. The topological polar surface area (TPSA) is 126 Å². The van der Waals surface area contributed by atoms with Gasteiger partial charge in [-0.05, 0) is 26.7 Å². The Labute approximate surface area is 230 Å². The lowest BCUT2D eigenvalue weighted by molar-refractivity contribution is -0.448. The minimum atomic E-state index is -6.73. The molecule has 20 heteroatoms. The zero-order valence-electron chi connectivity index (χ0n) is 21.8. The summed E-state index contributed by atoms with van der Waals surface area (Å²) in [4.78, 5) is 46.2. The molecular weight excluding hydrogens is 612 g/mol. The first-order valence-corrected chi connectivity index (χ1v) is 11.2. The molecule has 1 N–H and O–H groups in total. The van der Waals surface area contributed by atoms with Crippen LogP contribution in [-0.2, 0) is 38.1 Å². The highest BCUT2D eigenvalue weighted by Crippen LogP contribution is 2.50. The van der Waals surface area contributed by atoms with E-state index in [1.54, 1.807) is 0 Å². The second-order valence-corrected chi connectivity index (χ2v) is 8.50. The number of carbonyl (C=O) groups is 4. The Hall–Kier alpha value is -3.58. The van der Waals surface area contributed by atoms with E-state index in [0.717, 1.165) is 12.2 Å². The van der Waals surface area contributed by atoms with E-state index in [1.165, 1.54) is 6.92 Å². The third-order valence-corrected chi connectivity index (χ3v) is 4.78. The van der Waals surface area contributed by atoms with Crippen LogP contribution in [0.3, 0.4) is 0 Å². The maximum Gasteiger partial charge on any atom is 0.460 e. The van der Waals surface area contributed by atoms with E-state index in [9.17, 15) is 63.1 Å². The number of ether oxygens (including phenoxy) is 5. The lowest BCUT2D eigenvalue weighted by atomic mass is 10.1. The number of rotatable bonds is 16. The van der Waals surface area contributed by atoms with Gasteiger partial charge >= 0.3 is 48.3 Å². The maximum absolute atomic E-state index is 14.2. The molecule has 0 saturated heterocycles. The van der Waals surface area contributed by atoms with Gasteiger partial charge in [-0.1, -0.05) is 13.2 Å². The lowest BCUT2D eigenvalue weighted by Crippen LogP contribution is -2.62. The Kier molecular flexibility index (Phi) is 13.3. The van der Waals surface area contributed by atoms with Gasteiger partial charge in [-0.25, -0.2) is 23.6 Å². The summed E-state index contributed by atoms with van der Waals surface area (Å²) < 4.78 is 152. The number of amides is 1. The van der Waals surface area contributed by atoms with E-state index >= 15 is 0 Å². The van der Waals surface area contributed by atoms with E-state index in [1.807, 2.05) is 0 Å². The predicted molar refractivity (Wildman–Crippen MR) is 117 cm³/mol. The van der Waals surface area contributed by atoms with E-state index in [2.05, 4.69) is 27.9 Å². The van der Waals surface area contributed by atoms with Gasteiger partial charge in [0.05, 0.1) is 13.2 Å². The number of hydrogen-bond donors (Lipinski definition) is 1. The summed E-state index contributed by atoms with van der Waals surface area (Å²) in [5.41, 5.74) is -7.41. The average molecular weight is 637 g/mol. The van der Waals surface area contributed by atoms with Crippen molar-refractivity contribution in [1.82, 2.24) is 5.32 Å². The van der Waals surface area contributed by atoms with Crippen molar-refractivity contribution < 1.29 is 86.8 Å². The van der Waals surface area contributed by atoms with E-state index in [-0.39, 0.29) is 6.42 Å². The summed E-state index contributed by atoms with van der Waals surface area (Å²) in [7, 11) is 0. The SMILES string of the molecule is C=CC(=O)OCC(C)(COC(=O)C=C)NC(=O)OCCCCOC(=O)C(F)(OC(F)(F)C(C)(F)C(F)(F)F)C(F)(F)F. The highest BCUT2D eigenvalue weighted by molar-refractivity contribution is 5.82. The molecule has 2 atom stereocenters. The largest absolute Gasteiger partial charge is 0.461 e. The Morgan fingerprint density at radius 1 is 0.690 bits per heavy atom. The molecule has 0 bridgehead atoms. The van der Waals surface area contributed by atoms with Gasteiger partial charge < -0.3 is 24.3 Å². The molecular formula is C22H25F10NO9. The number of carbonyl (C=O) groups excluding carboxylic acids is 4. The number of alkyl halides is 10. The van der Waals surface area contributed by atoms with Gasteiger partial charge in [-0.15, -0.1) is 0 Å². The number of unbranched alkanes of at least 4 members (excludes halogenated alkanes) is 1. The lowest BCUT2D eigenvalue weighted by Gasteiger charge is -2.35. The van der Waals surface area contributed by atoms with Crippen LogP contribution in [0.4, 0.5) is 48.7 Å². The molecule has 0 heterocycles. The Morgan fingerprint density at radius 2 is 1.12 bits per heavy atom. The molecule has 0 fully saturated rings. The summed E-state index contributed by atoms with van der Waals surface area (Å²) in [6.07, 6.45) is -20.3. The van der Waals surface area contributed by atoms with Crippen LogP contribution in [0.2, 0.25) is 0 Å². The molecule has 2 unspecified atom stereocenters. The summed E-state index contributed by atoms with van der Waals surface area (Å²) in [5.74, 6) is -11.3. The highest BCUT2D eigenvalue weighted by atomic mass is 19.4. The smallest absolute Gasteiger partial charge is 0.460 e. The van der Waals surface area contributed by atoms with Gasteiger partial charge in [0.25, 0.3) is 5.67 Å². The number of hydrogen-bond acceptors (Lipinski definition) is 9. The molecule has 0 aliphatic rings. The minimum absolute atomic E-state index is 0.340. The van der Waals surface area contributed by atoms with Crippen LogP contribution in [0.5, 0.6) is 0 Å². The van der Waals surface area contributed by atoms with Crippen molar-refractivity contribution in [3.63, 3.8) is 0 Å². The standard InChI is InChI=1S/C22H25F10NO9/c1-5-13(34)40-11-17(3,12-41-14(35)6-2)33-16(37)39-10-8-7-9-38-15(36)19(24,21(28,29)30)42-22(31,32)18(4,23)20(25,26)27/h5-6H,1-2,7-12H2,3-4H3,(H,33,37). The molecule has 0 aliphatic carbocycles. The summed E-state index contributed by atoms with van der Waals surface area (Å²) in [6, 6.07) is 0. The fourth-order valence-corrected chi connectivity index (χ4v) is 2.25. The number of nitrogens with one attached hydrogen (secondary N) is 1. The van der Waals surface area contributed by atoms with Crippen LogP contribution < -0.4 is 5.32 Å². The quantitative estimate of drug-likeness (QED) is 0.0863. The van der Waals surface area contributed by atoms with Gasteiger partial charge in [-0.2, -0.15) is 39.5 Å². The minimum Gasteiger partial charge on any atom is -0.461 e. The van der Waals surface area contributed by atoms with Crippen molar-refractivity contribution >= 4 is 24.0 Å². The summed E-state index contributed by atoms with van der Waals surface area (Å²) in [6.45, 7) is 3.78. The van der Waals surface area contributed by atoms with E-state index in [0.29, 0.717) is 0 Å². The van der Waals surface area contributed by atoms with Crippen molar-refractivity contribution in [2.45, 2.75) is 62.2 Å². The van der Waals surface area contributed by atoms with Crippen molar-refractivity contribution in [2.75, 3.05) is 26.4 Å². The van der Waals surface area contributed by atoms with Gasteiger partial charge in [-0.3, -0.25) is 4.74 Å². The average Bonchev–Trinajstić information content (AvgIpc) is 2.85. The van der Waals surface area contributed by atoms with E-state index in [4.69, 9.17) is 14.2 Å². The molecule has 0 saturated carbocycles. The number of esters is 3. The van der Waals surface area contributed by atoms with Gasteiger partial charge in [0, 0.05) is 12.2 Å². The predicted octanol–water partition coefficient (Wildman–Crippen LogP) is 4.38. The van der Waals surface area contributed by atoms with Crippen LogP contribution >= 0.6 is 0 Å². The Bertz CT molecular complexity index is 974. The second kappa shape index (κ2) is 14.5. The molecule has 242 valence electrons. The molecule has 1 amide bonds. The highest BCUT2D eigenvalue weighted by Gasteiger charge is 2.76. The van der Waals surface area contributed by atoms with E-state index < -0.39 is 99.3 Å². The first kappa shape index (κ1) is 38.4. The van der Waals surface area contributed by atoms with Crippen LogP contribution in [0, 0.1) is 0 Å². The molecule has 0 aromatic heterocycles. The van der Waals surface area contributed by atoms with Crippen LogP contribution in [0.1, 0.15) is 26.7 Å². The molecule has 0 rings (SSSR count). The zero-order chi connectivity index (χ0) is 33.2. The molecule has 42 heavy (non-hydrogen) atoms. The van der Waals surface area contributed by atoms with Crippen LogP contribution in [0.25, 0.3) is 0 Å². The van der Waals surface area contributed by atoms with Crippen LogP contribution in [0.15, 0.2) is 25.3 Å². The first-order chi connectivity index (χ1) is 18.9. The summed E-state index contributed by atoms with van der Waals surface area (Å²) >= 11 is 0. The monoisotopic (exact) mass is 637 g/mol. The second-order valence-electron chi connectivity index (χ2n) is 8.50. The molecule has 0 spiro atoms. The molecule has 0 radical (unpaired) electrons. The van der Waals surface area contributed by atoms with Crippen molar-refractivity contribution in [2.24, 2.45) is 0 Å². The molecule has 0 aliphatic heterocycles. The van der Waals surface area contributed by atoms with Gasteiger partial charge in [0.2, 0.25) is 0 Å². The fourth-order valence-electron chi connectivity index (χ4n) is 2.25. The number of alkyl carbamates (subject to hydrolysis) is 1. The summed E-state index contributed by atoms with van der Waals surface area (Å²) in [5, 5.41) is 2.20. The maximum atomic E-state index is 14.2. The van der Waals surface area contributed by atoms with Gasteiger partial charge in [0.1, 0.15) is 18.8 Å². The van der Waals surface area contributed by atoms with Gasteiger partial charge in [0.15, 0.2) is 0 Å². The van der Waals surface area contributed by atoms with Crippen molar-refractivity contribution in [3.05, 3.63) is 25.3 Å².